The highest BCUT2D eigenvalue weighted by molar-refractivity contribution is 5.33. The van der Waals surface area contributed by atoms with Crippen LogP contribution in [-0.2, 0) is 13.1 Å². The third-order valence-electron chi connectivity index (χ3n) is 3.04. The standard InChI is InChI=1S/C15H21N3O/c1-3-8-16-11-15-17-9-10-18(15)12-13-6-4-5-7-14(13)19-2/h4-7,9-10,16H,3,8,11-12H2,1-2H3. The average molecular weight is 259 g/mol. The highest BCUT2D eigenvalue weighted by atomic mass is 16.5. The lowest BCUT2D eigenvalue weighted by atomic mass is 10.2. The van der Waals surface area contributed by atoms with Crippen LogP contribution in [0, 0.1) is 0 Å². The summed E-state index contributed by atoms with van der Waals surface area (Å²) in [7, 11) is 1.70. The molecule has 4 nitrogen and oxygen atoms in total. The molecule has 0 aliphatic heterocycles. The van der Waals surface area contributed by atoms with Crippen molar-refractivity contribution in [2.75, 3.05) is 13.7 Å². The van der Waals surface area contributed by atoms with Crippen LogP contribution in [0.1, 0.15) is 24.7 Å². The Morgan fingerprint density at radius 3 is 2.95 bits per heavy atom. The highest BCUT2D eigenvalue weighted by Crippen LogP contribution is 2.18. The van der Waals surface area contributed by atoms with Crippen molar-refractivity contribution in [1.82, 2.24) is 14.9 Å². The largest absolute Gasteiger partial charge is 0.496 e. The second-order valence-corrected chi connectivity index (χ2v) is 4.46. The number of hydrogen-bond donors (Lipinski definition) is 1. The number of imidazole rings is 1. The van der Waals surface area contributed by atoms with E-state index in [0.717, 1.165) is 37.6 Å². The molecule has 4 heteroatoms. The van der Waals surface area contributed by atoms with E-state index in [1.54, 1.807) is 7.11 Å². The summed E-state index contributed by atoms with van der Waals surface area (Å²) in [5.74, 6) is 1.98. The number of hydrogen-bond acceptors (Lipinski definition) is 3. The Hall–Kier alpha value is -1.81. The molecule has 0 spiro atoms. The van der Waals surface area contributed by atoms with Gasteiger partial charge in [0.25, 0.3) is 0 Å². The zero-order chi connectivity index (χ0) is 13.5. The molecular formula is C15H21N3O. The molecule has 0 fully saturated rings. The SMILES string of the molecule is CCCNCc1nccn1Cc1ccccc1OC. The molecule has 1 aromatic carbocycles. The Morgan fingerprint density at radius 1 is 1.32 bits per heavy atom. The van der Waals surface area contributed by atoms with Crippen molar-refractivity contribution in [2.24, 2.45) is 0 Å². The minimum atomic E-state index is 0.785. The third kappa shape index (κ3) is 3.58. The van der Waals surface area contributed by atoms with Crippen LogP contribution in [0.4, 0.5) is 0 Å². The van der Waals surface area contributed by atoms with E-state index in [-0.39, 0.29) is 0 Å². The molecule has 0 aliphatic carbocycles. The zero-order valence-corrected chi connectivity index (χ0v) is 11.6. The first-order valence-electron chi connectivity index (χ1n) is 6.67. The van der Waals surface area contributed by atoms with Gasteiger partial charge < -0.3 is 14.6 Å². The summed E-state index contributed by atoms with van der Waals surface area (Å²) in [6.07, 6.45) is 4.99. The van der Waals surface area contributed by atoms with Crippen LogP contribution in [0.5, 0.6) is 5.75 Å². The monoisotopic (exact) mass is 259 g/mol. The summed E-state index contributed by atoms with van der Waals surface area (Å²) < 4.78 is 7.54. The van der Waals surface area contributed by atoms with Gasteiger partial charge >= 0.3 is 0 Å². The molecule has 0 saturated carbocycles. The highest BCUT2D eigenvalue weighted by Gasteiger charge is 2.06. The Balaban J connectivity index is 2.08. The van der Waals surface area contributed by atoms with Crippen LogP contribution in [0.3, 0.4) is 0 Å². The summed E-state index contributed by atoms with van der Waals surface area (Å²) in [6, 6.07) is 8.09. The average Bonchev–Trinajstić information content (AvgIpc) is 2.87. The van der Waals surface area contributed by atoms with Gasteiger partial charge in [-0.2, -0.15) is 0 Å². The van der Waals surface area contributed by atoms with Crippen molar-refractivity contribution in [1.29, 1.82) is 0 Å². The first-order chi connectivity index (χ1) is 9.35. The maximum atomic E-state index is 5.38. The van der Waals surface area contributed by atoms with E-state index < -0.39 is 0 Å². The number of aromatic nitrogens is 2. The van der Waals surface area contributed by atoms with Gasteiger partial charge in [-0.05, 0) is 19.0 Å². The fraction of sp³-hybridized carbons (Fsp3) is 0.400. The molecular weight excluding hydrogens is 238 g/mol. The molecule has 0 bridgehead atoms. The van der Waals surface area contributed by atoms with Crippen LogP contribution in [0.25, 0.3) is 0 Å². The third-order valence-corrected chi connectivity index (χ3v) is 3.04. The van der Waals surface area contributed by atoms with Gasteiger partial charge in [-0.1, -0.05) is 25.1 Å². The normalized spacial score (nSPS) is 10.6. The molecule has 2 aromatic rings. The van der Waals surface area contributed by atoms with E-state index in [0.29, 0.717) is 0 Å². The van der Waals surface area contributed by atoms with E-state index >= 15 is 0 Å². The first kappa shape index (κ1) is 13.6. The Morgan fingerprint density at radius 2 is 2.16 bits per heavy atom. The van der Waals surface area contributed by atoms with Crippen molar-refractivity contribution in [3.8, 4) is 5.75 Å². The Bertz CT molecular complexity index is 508. The van der Waals surface area contributed by atoms with Crippen molar-refractivity contribution >= 4 is 0 Å². The van der Waals surface area contributed by atoms with E-state index in [1.165, 1.54) is 5.56 Å². The smallest absolute Gasteiger partial charge is 0.123 e. The first-order valence-corrected chi connectivity index (χ1v) is 6.67. The summed E-state index contributed by atoms with van der Waals surface area (Å²) >= 11 is 0. The molecule has 2 rings (SSSR count). The van der Waals surface area contributed by atoms with E-state index in [2.05, 4.69) is 27.9 Å². The van der Waals surface area contributed by atoms with Gasteiger partial charge in [0, 0.05) is 18.0 Å². The van der Waals surface area contributed by atoms with Crippen LogP contribution in [0.2, 0.25) is 0 Å². The predicted octanol–water partition coefficient (Wildman–Crippen LogP) is 2.44. The topological polar surface area (TPSA) is 39.1 Å². The predicted molar refractivity (Wildman–Crippen MR) is 76.3 cm³/mol. The van der Waals surface area contributed by atoms with Crippen LogP contribution < -0.4 is 10.1 Å². The number of benzene rings is 1. The molecule has 0 amide bonds. The molecule has 0 atom stereocenters. The molecule has 102 valence electrons. The van der Waals surface area contributed by atoms with Crippen molar-refractivity contribution in [3.05, 3.63) is 48.0 Å². The van der Waals surface area contributed by atoms with Crippen LogP contribution in [0.15, 0.2) is 36.7 Å². The van der Waals surface area contributed by atoms with Gasteiger partial charge in [-0.25, -0.2) is 4.98 Å². The maximum Gasteiger partial charge on any atom is 0.123 e. The number of ether oxygens (including phenoxy) is 1. The summed E-state index contributed by atoms with van der Waals surface area (Å²) in [4.78, 5) is 4.40. The van der Waals surface area contributed by atoms with Gasteiger partial charge in [0.15, 0.2) is 0 Å². The second-order valence-electron chi connectivity index (χ2n) is 4.46. The molecule has 0 aliphatic rings. The number of nitrogens with one attached hydrogen (secondary N) is 1. The van der Waals surface area contributed by atoms with Gasteiger partial charge in [-0.3, -0.25) is 0 Å². The van der Waals surface area contributed by atoms with Crippen molar-refractivity contribution in [3.63, 3.8) is 0 Å². The lowest BCUT2D eigenvalue weighted by Crippen LogP contribution is -2.18. The van der Waals surface area contributed by atoms with Crippen molar-refractivity contribution in [2.45, 2.75) is 26.4 Å². The fourth-order valence-corrected chi connectivity index (χ4v) is 2.05. The lowest BCUT2D eigenvalue weighted by molar-refractivity contribution is 0.408. The van der Waals surface area contributed by atoms with Crippen LogP contribution in [-0.4, -0.2) is 23.2 Å². The molecule has 1 heterocycles. The van der Waals surface area contributed by atoms with Crippen molar-refractivity contribution < 1.29 is 4.74 Å². The Labute approximate surface area is 114 Å². The molecule has 19 heavy (non-hydrogen) atoms. The number of nitrogens with zero attached hydrogens (tertiary/aromatic N) is 2. The molecule has 1 aromatic heterocycles. The molecule has 0 unspecified atom stereocenters. The maximum absolute atomic E-state index is 5.38. The van der Waals surface area contributed by atoms with Gasteiger partial charge in [0.2, 0.25) is 0 Å². The van der Waals surface area contributed by atoms with E-state index in [1.807, 2.05) is 30.6 Å². The summed E-state index contributed by atoms with van der Waals surface area (Å²) in [6.45, 7) is 4.76. The summed E-state index contributed by atoms with van der Waals surface area (Å²) in [5, 5.41) is 3.38. The van der Waals surface area contributed by atoms with Crippen LogP contribution >= 0.6 is 0 Å². The molecule has 1 N–H and O–H groups in total. The second kappa shape index (κ2) is 6.95. The number of rotatable bonds is 7. The minimum Gasteiger partial charge on any atom is -0.496 e. The lowest BCUT2D eigenvalue weighted by Gasteiger charge is -2.11. The summed E-state index contributed by atoms with van der Waals surface area (Å²) in [5.41, 5.74) is 1.17. The molecule has 0 radical (unpaired) electrons. The molecule has 0 saturated heterocycles. The zero-order valence-electron chi connectivity index (χ0n) is 11.6. The Kier molecular flexibility index (Phi) is 4.98. The minimum absolute atomic E-state index is 0.785. The van der Waals surface area contributed by atoms with E-state index in [4.69, 9.17) is 4.74 Å². The number of methoxy groups -OCH3 is 1. The van der Waals surface area contributed by atoms with Gasteiger partial charge in [-0.15, -0.1) is 0 Å². The van der Waals surface area contributed by atoms with Gasteiger partial charge in [0.05, 0.1) is 20.2 Å². The number of para-hydroxylation sites is 1. The van der Waals surface area contributed by atoms with Gasteiger partial charge in [0.1, 0.15) is 11.6 Å². The van der Waals surface area contributed by atoms with E-state index in [9.17, 15) is 0 Å². The fourth-order valence-electron chi connectivity index (χ4n) is 2.05. The quantitative estimate of drug-likeness (QED) is 0.776.